The van der Waals surface area contributed by atoms with Gasteiger partial charge < -0.3 is 20.2 Å². The molecule has 17 heavy (non-hydrogen) atoms. The summed E-state index contributed by atoms with van der Waals surface area (Å²) in [4.78, 5) is 11.7. The van der Waals surface area contributed by atoms with Crippen LogP contribution in [0.2, 0.25) is 0 Å². The molecule has 1 fully saturated rings. The van der Waals surface area contributed by atoms with Crippen molar-refractivity contribution in [2.75, 3.05) is 26.9 Å². The number of ether oxygens (including phenoxy) is 2. The van der Waals surface area contributed by atoms with Crippen LogP contribution in [-0.2, 0) is 14.3 Å². The number of carbonyl (C=O) groups excluding carboxylic acids is 1. The van der Waals surface area contributed by atoms with Gasteiger partial charge >= 0.3 is 5.97 Å². The number of nitrogens with one attached hydrogen (secondary N) is 2. The summed E-state index contributed by atoms with van der Waals surface area (Å²) >= 11 is 0. The molecular weight excluding hydrogens is 220 g/mol. The van der Waals surface area contributed by atoms with Crippen molar-refractivity contribution in [3.63, 3.8) is 0 Å². The minimum atomic E-state index is -0.432. The van der Waals surface area contributed by atoms with Crippen molar-refractivity contribution in [1.82, 2.24) is 5.32 Å². The van der Waals surface area contributed by atoms with Crippen LogP contribution in [0.5, 0.6) is 0 Å². The van der Waals surface area contributed by atoms with Crippen molar-refractivity contribution >= 4 is 11.7 Å². The summed E-state index contributed by atoms with van der Waals surface area (Å²) in [6.07, 6.45) is 3.12. The predicted octanol–water partition coefficient (Wildman–Crippen LogP) is 1.10. The summed E-state index contributed by atoms with van der Waals surface area (Å²) in [5, 5.41) is 10.9. The maximum atomic E-state index is 11.7. The second-order valence-electron chi connectivity index (χ2n) is 3.87. The van der Waals surface area contributed by atoms with Gasteiger partial charge in [0.15, 0.2) is 0 Å². The van der Waals surface area contributed by atoms with E-state index in [1.54, 1.807) is 14.0 Å². The van der Waals surface area contributed by atoms with E-state index in [0.29, 0.717) is 31.1 Å². The van der Waals surface area contributed by atoms with Gasteiger partial charge in [-0.15, -0.1) is 0 Å². The van der Waals surface area contributed by atoms with Gasteiger partial charge in [-0.05, 0) is 19.8 Å². The van der Waals surface area contributed by atoms with Crippen LogP contribution in [0, 0.1) is 11.3 Å². The monoisotopic (exact) mass is 240 g/mol. The Hall–Kier alpha value is -1.36. The molecule has 5 nitrogen and oxygen atoms in total. The molecule has 0 aromatic heterocycles. The maximum absolute atomic E-state index is 11.7. The van der Waals surface area contributed by atoms with Crippen LogP contribution in [-0.4, -0.2) is 38.5 Å². The zero-order valence-electron chi connectivity index (χ0n) is 10.4. The minimum Gasteiger partial charge on any atom is -0.462 e. The van der Waals surface area contributed by atoms with Gasteiger partial charge in [-0.2, -0.15) is 0 Å². The molecule has 5 heteroatoms. The maximum Gasteiger partial charge on any atom is 0.341 e. The highest BCUT2D eigenvalue weighted by Crippen LogP contribution is 2.20. The first-order valence-corrected chi connectivity index (χ1v) is 5.91. The van der Waals surface area contributed by atoms with Gasteiger partial charge in [0, 0.05) is 32.4 Å². The van der Waals surface area contributed by atoms with Gasteiger partial charge in [0.1, 0.15) is 0 Å². The standard InChI is InChI=1S/C12H20N2O3/c1-3-17-12(15)10(8-14-2)11(13)9-4-6-16-7-5-9/h8-9,13-14H,3-7H2,1-2H3/b10-8+,13-11?. The van der Waals surface area contributed by atoms with Crippen LogP contribution in [0.3, 0.4) is 0 Å². The highest BCUT2D eigenvalue weighted by atomic mass is 16.5. The highest BCUT2D eigenvalue weighted by Gasteiger charge is 2.25. The molecule has 0 unspecified atom stereocenters. The van der Waals surface area contributed by atoms with Crippen molar-refractivity contribution < 1.29 is 14.3 Å². The highest BCUT2D eigenvalue weighted by molar-refractivity contribution is 6.19. The van der Waals surface area contributed by atoms with Crippen molar-refractivity contribution in [2.24, 2.45) is 5.92 Å². The van der Waals surface area contributed by atoms with Gasteiger partial charge in [0.25, 0.3) is 0 Å². The topological polar surface area (TPSA) is 71.4 Å². The minimum absolute atomic E-state index is 0.0905. The molecule has 0 atom stereocenters. The van der Waals surface area contributed by atoms with E-state index in [-0.39, 0.29) is 5.92 Å². The molecule has 0 aromatic rings. The molecule has 0 aliphatic carbocycles. The smallest absolute Gasteiger partial charge is 0.341 e. The lowest BCUT2D eigenvalue weighted by Gasteiger charge is -2.23. The molecule has 1 saturated heterocycles. The Balaban J connectivity index is 2.72. The average Bonchev–Trinajstić information content (AvgIpc) is 2.36. The third kappa shape index (κ3) is 3.85. The molecule has 1 heterocycles. The number of rotatable bonds is 5. The van der Waals surface area contributed by atoms with E-state index in [1.807, 2.05) is 0 Å². The Labute approximate surface area is 102 Å². The van der Waals surface area contributed by atoms with Gasteiger partial charge in [-0.25, -0.2) is 4.79 Å². The second kappa shape index (κ2) is 7.06. The summed E-state index contributed by atoms with van der Waals surface area (Å²) in [5.41, 5.74) is 0.669. The van der Waals surface area contributed by atoms with E-state index >= 15 is 0 Å². The van der Waals surface area contributed by atoms with Crippen molar-refractivity contribution in [3.05, 3.63) is 11.8 Å². The van der Waals surface area contributed by atoms with Gasteiger partial charge in [0.05, 0.1) is 17.9 Å². The summed E-state index contributed by atoms with van der Waals surface area (Å²) in [5.74, 6) is -0.342. The van der Waals surface area contributed by atoms with Crippen molar-refractivity contribution in [2.45, 2.75) is 19.8 Å². The molecule has 0 spiro atoms. The fourth-order valence-electron chi connectivity index (χ4n) is 1.81. The van der Waals surface area contributed by atoms with E-state index in [9.17, 15) is 4.79 Å². The van der Waals surface area contributed by atoms with Crippen LogP contribution in [0.15, 0.2) is 11.8 Å². The van der Waals surface area contributed by atoms with E-state index in [2.05, 4.69) is 5.32 Å². The Morgan fingerprint density at radius 3 is 2.71 bits per heavy atom. The molecule has 96 valence electrons. The Bertz CT molecular complexity index is 307. The first-order chi connectivity index (χ1) is 8.20. The average molecular weight is 240 g/mol. The van der Waals surface area contributed by atoms with Crippen molar-refractivity contribution in [3.8, 4) is 0 Å². The normalized spacial score (nSPS) is 17.6. The lowest BCUT2D eigenvalue weighted by Crippen LogP contribution is -2.28. The number of carbonyl (C=O) groups is 1. The molecule has 1 rings (SSSR count). The van der Waals surface area contributed by atoms with Gasteiger partial charge in [-0.1, -0.05) is 0 Å². The van der Waals surface area contributed by atoms with E-state index in [4.69, 9.17) is 14.9 Å². The van der Waals surface area contributed by atoms with E-state index < -0.39 is 5.97 Å². The molecule has 0 radical (unpaired) electrons. The summed E-state index contributed by atoms with van der Waals surface area (Å²) in [7, 11) is 1.70. The van der Waals surface area contributed by atoms with Crippen LogP contribution in [0.4, 0.5) is 0 Å². The lowest BCUT2D eigenvalue weighted by atomic mass is 9.90. The fourth-order valence-corrected chi connectivity index (χ4v) is 1.81. The van der Waals surface area contributed by atoms with E-state index in [1.165, 1.54) is 6.20 Å². The molecular formula is C12H20N2O3. The lowest BCUT2D eigenvalue weighted by molar-refractivity contribution is -0.137. The van der Waals surface area contributed by atoms with Crippen LogP contribution in [0.25, 0.3) is 0 Å². The summed E-state index contributed by atoms with van der Waals surface area (Å²) in [6, 6.07) is 0. The molecule has 0 amide bonds. The van der Waals surface area contributed by atoms with Crippen LogP contribution >= 0.6 is 0 Å². The second-order valence-corrected chi connectivity index (χ2v) is 3.87. The third-order valence-electron chi connectivity index (χ3n) is 2.70. The van der Waals surface area contributed by atoms with Crippen LogP contribution < -0.4 is 5.32 Å². The predicted molar refractivity (Wildman–Crippen MR) is 65.0 cm³/mol. The molecule has 0 saturated carbocycles. The largest absolute Gasteiger partial charge is 0.462 e. The van der Waals surface area contributed by atoms with Crippen molar-refractivity contribution in [1.29, 1.82) is 5.41 Å². The molecule has 0 bridgehead atoms. The first-order valence-electron chi connectivity index (χ1n) is 5.91. The van der Waals surface area contributed by atoms with Gasteiger partial charge in [-0.3, -0.25) is 0 Å². The zero-order valence-corrected chi connectivity index (χ0v) is 10.4. The molecule has 0 aromatic carbocycles. The quantitative estimate of drug-likeness (QED) is 0.429. The van der Waals surface area contributed by atoms with E-state index in [0.717, 1.165) is 12.8 Å². The Morgan fingerprint density at radius 2 is 2.18 bits per heavy atom. The fraction of sp³-hybridized carbons (Fsp3) is 0.667. The number of hydrogen-bond acceptors (Lipinski definition) is 5. The molecule has 1 aliphatic rings. The van der Waals surface area contributed by atoms with Crippen LogP contribution in [0.1, 0.15) is 19.8 Å². The summed E-state index contributed by atoms with van der Waals surface area (Å²) in [6.45, 7) is 3.39. The van der Waals surface area contributed by atoms with Gasteiger partial charge in [0.2, 0.25) is 0 Å². The SMILES string of the molecule is CCOC(=O)/C(=C/NC)C(=N)C1CCOCC1. The number of hydrogen-bond donors (Lipinski definition) is 2. The molecule has 1 aliphatic heterocycles. The summed E-state index contributed by atoms with van der Waals surface area (Å²) < 4.78 is 10.2. The number of esters is 1. The Kier molecular flexibility index (Phi) is 5.69. The Morgan fingerprint density at radius 1 is 1.53 bits per heavy atom. The first kappa shape index (κ1) is 13.7. The molecule has 2 N–H and O–H groups in total. The zero-order chi connectivity index (χ0) is 12.7. The third-order valence-corrected chi connectivity index (χ3v) is 2.70.